The Morgan fingerprint density at radius 1 is 1.24 bits per heavy atom. The summed E-state index contributed by atoms with van der Waals surface area (Å²) in [5, 5.41) is 12.1. The molecular formula is C12H20N2O3. The van der Waals surface area contributed by atoms with Gasteiger partial charge in [-0.1, -0.05) is 6.42 Å². The predicted molar refractivity (Wildman–Crippen MR) is 62.6 cm³/mol. The lowest BCUT2D eigenvalue weighted by Gasteiger charge is -2.30. The van der Waals surface area contributed by atoms with Crippen LogP contribution in [0.4, 0.5) is 0 Å². The summed E-state index contributed by atoms with van der Waals surface area (Å²) in [5.74, 6) is -0.709. The van der Waals surface area contributed by atoms with Crippen LogP contribution in [0.15, 0.2) is 0 Å². The van der Waals surface area contributed by atoms with Crippen LogP contribution in [0.5, 0.6) is 0 Å². The lowest BCUT2D eigenvalue weighted by molar-refractivity contribution is -0.140. The van der Waals surface area contributed by atoms with Crippen molar-refractivity contribution in [3.63, 3.8) is 0 Å². The molecular weight excluding hydrogens is 220 g/mol. The Morgan fingerprint density at radius 3 is 2.71 bits per heavy atom. The van der Waals surface area contributed by atoms with E-state index in [1.54, 1.807) is 4.90 Å². The molecule has 96 valence electrons. The number of rotatable bonds is 3. The van der Waals surface area contributed by atoms with E-state index in [9.17, 15) is 9.59 Å². The predicted octanol–water partition coefficient (Wildman–Crippen LogP) is 0.594. The van der Waals surface area contributed by atoms with E-state index in [0.29, 0.717) is 0 Å². The standard InChI is InChI=1S/C12H20N2O3/c15-11(16)8-9-4-3-7-14(9)12(17)10-5-1-2-6-13-10/h9-10,13H,1-8H2,(H,15,16). The highest BCUT2D eigenvalue weighted by Gasteiger charge is 2.34. The number of nitrogens with zero attached hydrogens (tertiary/aromatic N) is 1. The highest BCUT2D eigenvalue weighted by Crippen LogP contribution is 2.22. The number of nitrogens with one attached hydrogen (secondary N) is 1. The zero-order valence-electron chi connectivity index (χ0n) is 10.0. The molecule has 2 saturated heterocycles. The average molecular weight is 240 g/mol. The Bertz CT molecular complexity index is 300. The third-order valence-corrected chi connectivity index (χ3v) is 3.68. The van der Waals surface area contributed by atoms with Gasteiger partial charge in [0.25, 0.3) is 0 Å². The van der Waals surface area contributed by atoms with Gasteiger partial charge in [0.2, 0.25) is 5.91 Å². The van der Waals surface area contributed by atoms with Crippen LogP contribution in [-0.2, 0) is 9.59 Å². The molecule has 2 rings (SSSR count). The first-order valence-electron chi connectivity index (χ1n) is 6.44. The molecule has 2 N–H and O–H groups in total. The number of hydrogen-bond donors (Lipinski definition) is 2. The van der Waals surface area contributed by atoms with Crippen LogP contribution in [-0.4, -0.2) is 47.1 Å². The molecule has 0 aromatic rings. The molecule has 2 fully saturated rings. The van der Waals surface area contributed by atoms with Crippen LogP contribution in [0.3, 0.4) is 0 Å². The molecule has 2 unspecified atom stereocenters. The maximum atomic E-state index is 12.3. The van der Waals surface area contributed by atoms with E-state index in [2.05, 4.69) is 5.32 Å². The maximum Gasteiger partial charge on any atom is 0.305 e. The van der Waals surface area contributed by atoms with E-state index >= 15 is 0 Å². The van der Waals surface area contributed by atoms with Gasteiger partial charge in [-0.25, -0.2) is 0 Å². The highest BCUT2D eigenvalue weighted by molar-refractivity contribution is 5.83. The lowest BCUT2D eigenvalue weighted by Crippen LogP contribution is -2.50. The third kappa shape index (κ3) is 2.97. The van der Waals surface area contributed by atoms with E-state index in [0.717, 1.165) is 45.2 Å². The number of hydrogen-bond acceptors (Lipinski definition) is 3. The summed E-state index contributed by atoms with van der Waals surface area (Å²) in [6.45, 7) is 1.61. The highest BCUT2D eigenvalue weighted by atomic mass is 16.4. The lowest BCUT2D eigenvalue weighted by atomic mass is 10.0. The summed E-state index contributed by atoms with van der Waals surface area (Å²) in [6, 6.07) is -0.179. The van der Waals surface area contributed by atoms with E-state index in [1.165, 1.54) is 0 Å². The molecule has 2 atom stereocenters. The molecule has 0 bridgehead atoms. The van der Waals surface area contributed by atoms with Gasteiger partial charge in [-0.15, -0.1) is 0 Å². The summed E-state index contributed by atoms with van der Waals surface area (Å²) < 4.78 is 0. The number of carboxylic acids is 1. The van der Waals surface area contributed by atoms with Crippen molar-refractivity contribution in [1.29, 1.82) is 0 Å². The molecule has 0 aromatic carbocycles. The fraction of sp³-hybridized carbons (Fsp3) is 0.833. The number of carbonyl (C=O) groups excluding carboxylic acids is 1. The van der Waals surface area contributed by atoms with E-state index in [1.807, 2.05) is 0 Å². The summed E-state index contributed by atoms with van der Waals surface area (Å²) in [4.78, 5) is 24.8. The van der Waals surface area contributed by atoms with Crippen molar-refractivity contribution in [2.24, 2.45) is 0 Å². The first-order valence-corrected chi connectivity index (χ1v) is 6.44. The van der Waals surface area contributed by atoms with Gasteiger partial charge in [0.1, 0.15) is 0 Å². The SMILES string of the molecule is O=C(O)CC1CCCN1C(=O)C1CCCCN1. The second kappa shape index (κ2) is 5.49. The van der Waals surface area contributed by atoms with Gasteiger partial charge in [-0.3, -0.25) is 9.59 Å². The smallest absolute Gasteiger partial charge is 0.305 e. The zero-order valence-corrected chi connectivity index (χ0v) is 10.0. The van der Waals surface area contributed by atoms with Gasteiger partial charge in [-0.05, 0) is 32.2 Å². The molecule has 2 heterocycles. The summed E-state index contributed by atoms with van der Waals surface area (Å²) >= 11 is 0. The van der Waals surface area contributed by atoms with Crippen LogP contribution in [0, 0.1) is 0 Å². The van der Waals surface area contributed by atoms with Crippen LogP contribution < -0.4 is 5.32 Å². The monoisotopic (exact) mass is 240 g/mol. The fourth-order valence-corrected chi connectivity index (χ4v) is 2.80. The number of carbonyl (C=O) groups is 2. The second-order valence-electron chi connectivity index (χ2n) is 4.93. The number of piperidine rings is 1. The van der Waals surface area contributed by atoms with Gasteiger partial charge in [0, 0.05) is 12.6 Å². The Kier molecular flexibility index (Phi) is 3.99. The molecule has 5 nitrogen and oxygen atoms in total. The van der Waals surface area contributed by atoms with Gasteiger partial charge in [-0.2, -0.15) is 0 Å². The van der Waals surface area contributed by atoms with Gasteiger partial charge in [0.05, 0.1) is 12.5 Å². The summed E-state index contributed by atoms with van der Waals surface area (Å²) in [6.07, 6.45) is 4.93. The molecule has 0 spiro atoms. The van der Waals surface area contributed by atoms with Crippen LogP contribution in [0.1, 0.15) is 38.5 Å². The summed E-state index contributed by atoms with van der Waals surface area (Å²) in [5.41, 5.74) is 0. The van der Waals surface area contributed by atoms with Crippen molar-refractivity contribution in [2.75, 3.05) is 13.1 Å². The number of likely N-dealkylation sites (tertiary alicyclic amines) is 1. The van der Waals surface area contributed by atoms with Crippen molar-refractivity contribution in [3.8, 4) is 0 Å². The van der Waals surface area contributed by atoms with Crippen molar-refractivity contribution in [2.45, 2.75) is 50.6 Å². The topological polar surface area (TPSA) is 69.6 Å². The normalized spacial score (nSPS) is 29.3. The Balaban J connectivity index is 1.94. The molecule has 1 amide bonds. The minimum Gasteiger partial charge on any atom is -0.481 e. The number of amides is 1. The minimum atomic E-state index is -0.814. The van der Waals surface area contributed by atoms with Crippen molar-refractivity contribution in [1.82, 2.24) is 10.2 Å². The molecule has 0 aliphatic carbocycles. The minimum absolute atomic E-state index is 0.0818. The quantitative estimate of drug-likeness (QED) is 0.757. The largest absolute Gasteiger partial charge is 0.481 e. The molecule has 2 aliphatic rings. The molecule has 2 aliphatic heterocycles. The Labute approximate surface area is 101 Å². The van der Waals surface area contributed by atoms with Crippen LogP contribution in [0.2, 0.25) is 0 Å². The molecule has 5 heteroatoms. The maximum absolute atomic E-state index is 12.3. The molecule has 17 heavy (non-hydrogen) atoms. The zero-order chi connectivity index (χ0) is 12.3. The first kappa shape index (κ1) is 12.4. The van der Waals surface area contributed by atoms with Gasteiger partial charge >= 0.3 is 5.97 Å². The van der Waals surface area contributed by atoms with E-state index in [-0.39, 0.29) is 24.4 Å². The number of carboxylic acid groups (broad SMARTS) is 1. The molecule has 0 radical (unpaired) electrons. The fourth-order valence-electron chi connectivity index (χ4n) is 2.80. The van der Waals surface area contributed by atoms with Gasteiger partial charge in [0.15, 0.2) is 0 Å². The Hall–Kier alpha value is -1.10. The van der Waals surface area contributed by atoms with Gasteiger partial charge < -0.3 is 15.3 Å². The van der Waals surface area contributed by atoms with Crippen LogP contribution >= 0.6 is 0 Å². The summed E-state index contributed by atoms with van der Waals surface area (Å²) in [7, 11) is 0. The van der Waals surface area contributed by atoms with Crippen molar-refractivity contribution < 1.29 is 14.7 Å². The average Bonchev–Trinajstić information content (AvgIpc) is 2.76. The molecule has 0 aromatic heterocycles. The van der Waals surface area contributed by atoms with Crippen LogP contribution in [0.25, 0.3) is 0 Å². The first-order chi connectivity index (χ1) is 8.18. The third-order valence-electron chi connectivity index (χ3n) is 3.68. The Morgan fingerprint density at radius 2 is 2.06 bits per heavy atom. The van der Waals surface area contributed by atoms with E-state index < -0.39 is 5.97 Å². The number of aliphatic carboxylic acids is 1. The van der Waals surface area contributed by atoms with E-state index in [4.69, 9.17) is 5.11 Å². The molecule has 0 saturated carbocycles. The second-order valence-corrected chi connectivity index (χ2v) is 4.93. The van der Waals surface area contributed by atoms with Crippen molar-refractivity contribution >= 4 is 11.9 Å². The van der Waals surface area contributed by atoms with Crippen molar-refractivity contribution in [3.05, 3.63) is 0 Å².